The Labute approximate surface area is 129 Å². The van der Waals surface area contributed by atoms with Gasteiger partial charge in [0.1, 0.15) is 6.33 Å². The second kappa shape index (κ2) is 6.72. The largest absolute Gasteiger partial charge is 0.486 e. The Morgan fingerprint density at radius 1 is 1.05 bits per heavy atom. The van der Waals surface area contributed by atoms with Gasteiger partial charge in [0.05, 0.1) is 12.8 Å². The molecule has 22 heavy (non-hydrogen) atoms. The van der Waals surface area contributed by atoms with Gasteiger partial charge in [0, 0.05) is 12.1 Å². The van der Waals surface area contributed by atoms with Crippen molar-refractivity contribution in [2.24, 2.45) is 4.99 Å². The zero-order valence-electron chi connectivity index (χ0n) is 12.4. The van der Waals surface area contributed by atoms with Crippen LogP contribution in [0, 0.1) is 0 Å². The quantitative estimate of drug-likeness (QED) is 0.530. The molecule has 0 fully saturated rings. The predicted molar refractivity (Wildman–Crippen MR) is 88.0 cm³/mol. The summed E-state index contributed by atoms with van der Waals surface area (Å²) in [5.74, 6) is 0.789. The second-order valence-corrected chi connectivity index (χ2v) is 4.85. The molecule has 110 valence electrons. The van der Waals surface area contributed by atoms with Crippen molar-refractivity contribution in [2.45, 2.75) is 6.42 Å². The third-order valence-electron chi connectivity index (χ3n) is 3.34. The van der Waals surface area contributed by atoms with E-state index < -0.39 is 0 Å². The van der Waals surface area contributed by atoms with Crippen LogP contribution in [-0.2, 0) is 11.2 Å². The highest BCUT2D eigenvalue weighted by molar-refractivity contribution is 5.57. The minimum absolute atomic E-state index is 0.733. The van der Waals surface area contributed by atoms with Crippen molar-refractivity contribution in [2.75, 3.05) is 7.11 Å². The monoisotopic (exact) mass is 291 g/mol. The molecule has 0 spiro atoms. The summed E-state index contributed by atoms with van der Waals surface area (Å²) in [5.41, 5.74) is 3.15. The fourth-order valence-electron chi connectivity index (χ4n) is 2.31. The van der Waals surface area contributed by atoms with E-state index in [9.17, 15) is 0 Å². The van der Waals surface area contributed by atoms with Crippen molar-refractivity contribution < 1.29 is 4.74 Å². The van der Waals surface area contributed by atoms with Crippen LogP contribution in [0.1, 0.15) is 11.3 Å². The number of imidazole rings is 1. The maximum atomic E-state index is 4.98. The van der Waals surface area contributed by atoms with Crippen LogP contribution in [-0.4, -0.2) is 23.1 Å². The van der Waals surface area contributed by atoms with Gasteiger partial charge in [-0.05, 0) is 17.7 Å². The molecule has 0 aliphatic carbocycles. The number of para-hydroxylation sites is 1. The lowest BCUT2D eigenvalue weighted by Gasteiger charge is -2.06. The van der Waals surface area contributed by atoms with Gasteiger partial charge in [-0.15, -0.1) is 0 Å². The highest BCUT2D eigenvalue weighted by Gasteiger charge is 2.12. The summed E-state index contributed by atoms with van der Waals surface area (Å²) in [6.45, 7) is 0. The van der Waals surface area contributed by atoms with E-state index in [1.54, 1.807) is 13.4 Å². The molecule has 4 nitrogen and oxygen atoms in total. The number of nitrogens with zero attached hydrogens (tertiary/aromatic N) is 3. The second-order valence-electron chi connectivity index (χ2n) is 4.85. The maximum Gasteiger partial charge on any atom is 0.175 e. The Hall–Kier alpha value is -2.88. The molecule has 4 heteroatoms. The van der Waals surface area contributed by atoms with Crippen LogP contribution in [0.25, 0.3) is 5.69 Å². The Morgan fingerprint density at radius 2 is 1.73 bits per heavy atom. The molecule has 2 aromatic carbocycles. The van der Waals surface area contributed by atoms with Crippen LogP contribution < -0.4 is 0 Å². The average Bonchev–Trinajstić information content (AvgIpc) is 2.97. The molecule has 0 aliphatic heterocycles. The standard InChI is InChI=1S/C18H17N3O/c1-22-14-20-18-17(12-15-8-4-2-5-9-15)19-13-21(18)16-10-6-3-7-11-16/h2-11,13-14H,12H2,1H3/b20-14+. The highest BCUT2D eigenvalue weighted by atomic mass is 16.5. The first-order chi connectivity index (χ1) is 10.9. The molecule has 1 aromatic heterocycles. The van der Waals surface area contributed by atoms with E-state index in [-0.39, 0.29) is 0 Å². The summed E-state index contributed by atoms with van der Waals surface area (Å²) in [5, 5.41) is 0. The van der Waals surface area contributed by atoms with Crippen LogP contribution >= 0.6 is 0 Å². The summed E-state index contributed by atoms with van der Waals surface area (Å²) in [4.78, 5) is 8.94. The van der Waals surface area contributed by atoms with Crippen molar-refractivity contribution in [3.05, 3.63) is 78.2 Å². The Kier molecular flexibility index (Phi) is 4.30. The topological polar surface area (TPSA) is 39.4 Å². The molecule has 0 radical (unpaired) electrons. The Bertz CT molecular complexity index is 749. The van der Waals surface area contributed by atoms with E-state index in [1.165, 1.54) is 12.0 Å². The molecule has 0 saturated heterocycles. The number of hydrogen-bond acceptors (Lipinski definition) is 3. The first-order valence-electron chi connectivity index (χ1n) is 7.09. The maximum absolute atomic E-state index is 4.98. The third-order valence-corrected chi connectivity index (χ3v) is 3.34. The number of hydrogen-bond donors (Lipinski definition) is 0. The van der Waals surface area contributed by atoms with E-state index in [4.69, 9.17) is 4.74 Å². The zero-order chi connectivity index (χ0) is 15.2. The van der Waals surface area contributed by atoms with Gasteiger partial charge in [-0.25, -0.2) is 9.98 Å². The highest BCUT2D eigenvalue weighted by Crippen LogP contribution is 2.24. The lowest BCUT2D eigenvalue weighted by atomic mass is 10.1. The fraction of sp³-hybridized carbons (Fsp3) is 0.111. The van der Waals surface area contributed by atoms with Gasteiger partial charge >= 0.3 is 0 Å². The molecule has 0 saturated carbocycles. The first-order valence-corrected chi connectivity index (χ1v) is 7.09. The first kappa shape index (κ1) is 14.1. The van der Waals surface area contributed by atoms with Crippen LogP contribution in [0.2, 0.25) is 0 Å². The normalized spacial score (nSPS) is 11.0. The number of ether oxygens (including phenoxy) is 1. The Morgan fingerprint density at radius 3 is 2.41 bits per heavy atom. The van der Waals surface area contributed by atoms with Crippen LogP contribution in [0.5, 0.6) is 0 Å². The molecule has 0 bridgehead atoms. The minimum atomic E-state index is 0.733. The number of methoxy groups -OCH3 is 1. The molecular formula is C18H17N3O. The molecule has 0 atom stereocenters. The van der Waals surface area contributed by atoms with Gasteiger partial charge in [-0.2, -0.15) is 0 Å². The average molecular weight is 291 g/mol. The number of rotatable bonds is 5. The van der Waals surface area contributed by atoms with Crippen LogP contribution in [0.3, 0.4) is 0 Å². The third kappa shape index (κ3) is 3.06. The van der Waals surface area contributed by atoms with Gasteiger partial charge in [0.25, 0.3) is 0 Å². The van der Waals surface area contributed by atoms with Gasteiger partial charge in [-0.3, -0.25) is 4.57 Å². The van der Waals surface area contributed by atoms with Crippen molar-refractivity contribution in [1.29, 1.82) is 0 Å². The number of aromatic nitrogens is 2. The molecule has 3 rings (SSSR count). The summed E-state index contributed by atoms with van der Waals surface area (Å²) >= 11 is 0. The van der Waals surface area contributed by atoms with Crippen molar-refractivity contribution in [1.82, 2.24) is 9.55 Å². The predicted octanol–water partition coefficient (Wildman–Crippen LogP) is 3.77. The summed E-state index contributed by atoms with van der Waals surface area (Å²) in [7, 11) is 1.59. The van der Waals surface area contributed by atoms with Crippen molar-refractivity contribution in [3.8, 4) is 5.69 Å². The van der Waals surface area contributed by atoms with Crippen LogP contribution in [0.4, 0.5) is 5.82 Å². The molecule has 0 amide bonds. The Balaban J connectivity index is 2.00. The lowest BCUT2D eigenvalue weighted by molar-refractivity contribution is 0.423. The number of aliphatic imine (C=N–C) groups is 1. The summed E-state index contributed by atoms with van der Waals surface area (Å²) in [6.07, 6.45) is 3.97. The summed E-state index contributed by atoms with van der Waals surface area (Å²) < 4.78 is 6.94. The minimum Gasteiger partial charge on any atom is -0.486 e. The summed E-state index contributed by atoms with van der Waals surface area (Å²) in [6, 6.07) is 20.3. The van der Waals surface area contributed by atoms with E-state index in [0.717, 1.165) is 23.6 Å². The number of benzene rings is 2. The molecule has 0 unspecified atom stereocenters. The molecule has 0 N–H and O–H groups in total. The molecule has 0 aliphatic rings. The van der Waals surface area contributed by atoms with Gasteiger partial charge < -0.3 is 4.74 Å². The fourth-order valence-corrected chi connectivity index (χ4v) is 2.31. The van der Waals surface area contributed by atoms with E-state index >= 15 is 0 Å². The smallest absolute Gasteiger partial charge is 0.175 e. The zero-order valence-corrected chi connectivity index (χ0v) is 12.4. The van der Waals surface area contributed by atoms with Crippen molar-refractivity contribution in [3.63, 3.8) is 0 Å². The van der Waals surface area contributed by atoms with Gasteiger partial charge in [0.2, 0.25) is 0 Å². The lowest BCUT2D eigenvalue weighted by Crippen LogP contribution is -1.94. The van der Waals surface area contributed by atoms with Crippen molar-refractivity contribution >= 4 is 12.2 Å². The molecule has 3 aromatic rings. The molecular weight excluding hydrogens is 274 g/mol. The SMILES string of the molecule is CO/C=N/c1c(Cc2ccccc2)ncn1-c1ccccc1. The van der Waals surface area contributed by atoms with Gasteiger partial charge in [0.15, 0.2) is 12.2 Å². The molecule has 1 heterocycles. The van der Waals surface area contributed by atoms with E-state index in [2.05, 4.69) is 22.1 Å². The van der Waals surface area contributed by atoms with Gasteiger partial charge in [-0.1, -0.05) is 48.5 Å². The van der Waals surface area contributed by atoms with Crippen LogP contribution in [0.15, 0.2) is 72.0 Å². The van der Waals surface area contributed by atoms with E-state index in [1.807, 2.05) is 53.1 Å². The van der Waals surface area contributed by atoms with E-state index in [0.29, 0.717) is 0 Å².